The molecule has 0 spiro atoms. The van der Waals surface area contributed by atoms with Crippen LogP contribution in [-0.4, -0.2) is 15.9 Å². The van der Waals surface area contributed by atoms with Crippen LogP contribution in [0, 0.1) is 14.9 Å². The summed E-state index contributed by atoms with van der Waals surface area (Å²) in [6.45, 7) is 0.316. The standard InChI is InChI=1S/C29H25IN4O2/c30-25-16-20(14-15-27(25)36-19-23-11-5-4-10-22(23)17-31)18-32-34-28(21-8-2-1-3-9-21)33-26-13-7-6-12-24(26)29(34)35/h4-7,10-16,18,21H,1-3,8-9,19H2. The zero-order valence-corrected chi connectivity index (χ0v) is 21.9. The summed E-state index contributed by atoms with van der Waals surface area (Å²) in [4.78, 5) is 18.2. The van der Waals surface area contributed by atoms with Gasteiger partial charge in [0, 0.05) is 11.5 Å². The molecule has 6 nitrogen and oxygen atoms in total. The summed E-state index contributed by atoms with van der Waals surface area (Å²) in [6.07, 6.45) is 7.29. The maximum atomic E-state index is 13.4. The maximum Gasteiger partial charge on any atom is 0.282 e. The highest BCUT2D eigenvalue weighted by Crippen LogP contribution is 2.32. The summed E-state index contributed by atoms with van der Waals surface area (Å²) < 4.78 is 8.39. The first-order chi connectivity index (χ1) is 17.6. The topological polar surface area (TPSA) is 80.3 Å². The van der Waals surface area contributed by atoms with Crippen LogP contribution in [0.15, 0.2) is 76.6 Å². The molecule has 5 rings (SSSR count). The lowest BCUT2D eigenvalue weighted by Gasteiger charge is -2.22. The maximum absolute atomic E-state index is 13.4. The number of fused-ring (bicyclic) bond motifs is 1. The summed E-state index contributed by atoms with van der Waals surface area (Å²) >= 11 is 2.23. The van der Waals surface area contributed by atoms with E-state index in [4.69, 9.17) is 9.72 Å². The monoisotopic (exact) mass is 588 g/mol. The molecular formula is C29H25IN4O2. The van der Waals surface area contributed by atoms with Gasteiger partial charge in [0.1, 0.15) is 18.2 Å². The second-order valence-corrected chi connectivity index (χ2v) is 10.1. The summed E-state index contributed by atoms with van der Waals surface area (Å²) in [5, 5.41) is 14.5. The zero-order valence-electron chi connectivity index (χ0n) is 19.7. The lowest BCUT2D eigenvalue weighted by Crippen LogP contribution is -2.25. The summed E-state index contributed by atoms with van der Waals surface area (Å²) in [5.41, 5.74) is 2.91. The first kappa shape index (κ1) is 24.2. The third-order valence-corrected chi connectivity index (χ3v) is 7.39. The number of para-hydroxylation sites is 1. The van der Waals surface area contributed by atoms with Crippen molar-refractivity contribution in [1.82, 2.24) is 9.66 Å². The molecule has 1 fully saturated rings. The number of aromatic nitrogens is 2. The van der Waals surface area contributed by atoms with E-state index in [1.165, 1.54) is 11.1 Å². The number of hydrogen-bond acceptors (Lipinski definition) is 5. The number of benzene rings is 3. The van der Waals surface area contributed by atoms with Gasteiger partial charge in [0.15, 0.2) is 0 Å². The number of hydrogen-bond donors (Lipinski definition) is 0. The second kappa shape index (κ2) is 11.0. The molecule has 7 heteroatoms. The molecule has 0 radical (unpaired) electrons. The Morgan fingerprint density at radius 2 is 1.86 bits per heavy atom. The van der Waals surface area contributed by atoms with Crippen LogP contribution in [0.3, 0.4) is 0 Å². The van der Waals surface area contributed by atoms with Gasteiger partial charge >= 0.3 is 0 Å². The zero-order chi connectivity index (χ0) is 24.9. The van der Waals surface area contributed by atoms with Crippen molar-refractivity contribution < 1.29 is 4.74 Å². The molecule has 0 amide bonds. The van der Waals surface area contributed by atoms with Gasteiger partial charge in [0.25, 0.3) is 5.56 Å². The molecule has 0 unspecified atom stereocenters. The normalized spacial score (nSPS) is 14.2. The molecule has 36 heavy (non-hydrogen) atoms. The minimum Gasteiger partial charge on any atom is -0.488 e. The van der Waals surface area contributed by atoms with Crippen molar-refractivity contribution in [2.24, 2.45) is 5.10 Å². The van der Waals surface area contributed by atoms with Gasteiger partial charge in [-0.2, -0.15) is 15.0 Å². The highest BCUT2D eigenvalue weighted by molar-refractivity contribution is 14.1. The fraction of sp³-hybridized carbons (Fsp3) is 0.241. The molecule has 1 heterocycles. The quantitative estimate of drug-likeness (QED) is 0.193. The van der Waals surface area contributed by atoms with Crippen LogP contribution in [0.25, 0.3) is 10.9 Å². The predicted molar refractivity (Wildman–Crippen MR) is 149 cm³/mol. The van der Waals surface area contributed by atoms with E-state index in [-0.39, 0.29) is 11.5 Å². The molecule has 180 valence electrons. The van der Waals surface area contributed by atoms with Crippen molar-refractivity contribution in [1.29, 1.82) is 5.26 Å². The Hall–Kier alpha value is -3.51. The smallest absolute Gasteiger partial charge is 0.282 e. The third-order valence-electron chi connectivity index (χ3n) is 6.55. The fourth-order valence-corrected chi connectivity index (χ4v) is 5.32. The van der Waals surface area contributed by atoms with Crippen molar-refractivity contribution in [2.75, 3.05) is 0 Å². The van der Waals surface area contributed by atoms with Crippen LogP contribution in [0.2, 0.25) is 0 Å². The predicted octanol–water partition coefficient (Wildman–Crippen LogP) is 6.38. The molecule has 4 aromatic rings. The van der Waals surface area contributed by atoms with Crippen molar-refractivity contribution in [3.05, 3.63) is 103 Å². The minimum absolute atomic E-state index is 0.136. The lowest BCUT2D eigenvalue weighted by molar-refractivity contribution is 0.303. The van der Waals surface area contributed by atoms with Crippen molar-refractivity contribution in [3.63, 3.8) is 0 Å². The SMILES string of the molecule is N#Cc1ccccc1COc1ccc(C=Nn2c(C3CCCCC3)nc3ccccc3c2=O)cc1I. The Morgan fingerprint density at radius 1 is 1.08 bits per heavy atom. The van der Waals surface area contributed by atoms with Crippen molar-refractivity contribution in [3.8, 4) is 11.8 Å². The first-order valence-electron chi connectivity index (χ1n) is 12.1. The van der Waals surface area contributed by atoms with E-state index >= 15 is 0 Å². The molecule has 1 aliphatic rings. The van der Waals surface area contributed by atoms with Gasteiger partial charge in [0.2, 0.25) is 0 Å². The summed E-state index contributed by atoms with van der Waals surface area (Å²) in [6, 6.07) is 22.9. The molecule has 1 aliphatic carbocycles. The number of nitriles is 1. The van der Waals surface area contributed by atoms with Gasteiger partial charge in [0.05, 0.1) is 32.3 Å². The third kappa shape index (κ3) is 5.19. The molecular weight excluding hydrogens is 563 g/mol. The molecule has 1 saturated carbocycles. The average Bonchev–Trinajstić information content (AvgIpc) is 2.92. The summed E-state index contributed by atoms with van der Waals surface area (Å²) in [7, 11) is 0. The van der Waals surface area contributed by atoms with E-state index in [1.54, 1.807) is 18.3 Å². The van der Waals surface area contributed by atoms with E-state index in [2.05, 4.69) is 33.8 Å². The molecule has 3 aromatic carbocycles. The summed E-state index contributed by atoms with van der Waals surface area (Å²) in [5.74, 6) is 1.72. The van der Waals surface area contributed by atoms with Crippen molar-refractivity contribution in [2.45, 2.75) is 44.6 Å². The van der Waals surface area contributed by atoms with E-state index in [9.17, 15) is 10.1 Å². The Kier molecular flexibility index (Phi) is 7.42. The molecule has 0 saturated heterocycles. The second-order valence-electron chi connectivity index (χ2n) is 8.93. The lowest BCUT2D eigenvalue weighted by atomic mass is 9.88. The van der Waals surface area contributed by atoms with Crippen LogP contribution < -0.4 is 10.3 Å². The van der Waals surface area contributed by atoms with E-state index in [1.807, 2.05) is 54.6 Å². The number of ether oxygens (including phenoxy) is 1. The number of nitrogens with zero attached hydrogens (tertiary/aromatic N) is 4. The largest absolute Gasteiger partial charge is 0.488 e. The minimum atomic E-state index is -0.136. The Balaban J connectivity index is 1.42. The Labute approximate surface area is 223 Å². The number of halogens is 1. The van der Waals surface area contributed by atoms with Crippen LogP contribution >= 0.6 is 22.6 Å². The molecule has 1 aromatic heterocycles. The van der Waals surface area contributed by atoms with Gasteiger partial charge in [-0.05, 0) is 77.4 Å². The van der Waals surface area contributed by atoms with Crippen LogP contribution in [0.4, 0.5) is 0 Å². The van der Waals surface area contributed by atoms with Crippen molar-refractivity contribution >= 4 is 39.7 Å². The average molecular weight is 588 g/mol. The van der Waals surface area contributed by atoms with Crippen LogP contribution in [-0.2, 0) is 6.61 Å². The van der Waals surface area contributed by atoms with Crippen LogP contribution in [0.5, 0.6) is 5.75 Å². The van der Waals surface area contributed by atoms with Gasteiger partial charge < -0.3 is 4.74 Å². The van der Waals surface area contributed by atoms with Gasteiger partial charge in [-0.1, -0.05) is 49.6 Å². The first-order valence-corrected chi connectivity index (χ1v) is 13.2. The van der Waals surface area contributed by atoms with E-state index < -0.39 is 0 Å². The highest BCUT2D eigenvalue weighted by Gasteiger charge is 2.22. The van der Waals surface area contributed by atoms with E-state index in [0.717, 1.165) is 57.5 Å². The Bertz CT molecular complexity index is 1530. The highest BCUT2D eigenvalue weighted by atomic mass is 127. The van der Waals surface area contributed by atoms with Crippen LogP contribution in [0.1, 0.15) is 60.5 Å². The van der Waals surface area contributed by atoms with Gasteiger partial charge in [-0.3, -0.25) is 4.79 Å². The van der Waals surface area contributed by atoms with E-state index in [0.29, 0.717) is 17.6 Å². The molecule has 0 atom stereocenters. The molecule has 0 aliphatic heterocycles. The van der Waals surface area contributed by atoms with Gasteiger partial charge in [-0.25, -0.2) is 4.98 Å². The van der Waals surface area contributed by atoms with Gasteiger partial charge in [-0.15, -0.1) is 0 Å². The fourth-order valence-electron chi connectivity index (χ4n) is 4.63. The molecule has 0 N–H and O–H groups in total. The Morgan fingerprint density at radius 3 is 2.67 bits per heavy atom. The number of rotatable bonds is 6. The molecule has 0 bridgehead atoms.